The molecule has 0 unspecified atom stereocenters. The zero-order valence-electron chi connectivity index (χ0n) is 12.6. The first-order valence-corrected chi connectivity index (χ1v) is 8.73. The Morgan fingerprint density at radius 2 is 2.05 bits per heavy atom. The van der Waals surface area contributed by atoms with E-state index in [0.717, 1.165) is 0 Å². The average molecular weight is 348 g/mol. The molecule has 0 spiro atoms. The maximum Gasteiger partial charge on any atom is 0.410 e. The van der Waals surface area contributed by atoms with E-state index < -0.39 is 26.8 Å². The molecular formula is C13H18ClN3O4S. The van der Waals surface area contributed by atoms with E-state index in [9.17, 15) is 13.2 Å². The van der Waals surface area contributed by atoms with Crippen molar-refractivity contribution in [2.45, 2.75) is 43.1 Å². The fourth-order valence-corrected chi connectivity index (χ4v) is 3.75. The second kappa shape index (κ2) is 6.00. The van der Waals surface area contributed by atoms with Crippen molar-refractivity contribution in [3.05, 3.63) is 17.3 Å². The summed E-state index contributed by atoms with van der Waals surface area (Å²) in [4.78, 5) is 13.4. The summed E-state index contributed by atoms with van der Waals surface area (Å²) in [7, 11) is -3.65. The van der Waals surface area contributed by atoms with Crippen LogP contribution in [0.15, 0.2) is 17.2 Å². The van der Waals surface area contributed by atoms with Gasteiger partial charge in [-0.3, -0.25) is 0 Å². The Hall–Kier alpha value is -1.41. The third kappa shape index (κ3) is 3.86. The number of halogens is 1. The van der Waals surface area contributed by atoms with E-state index in [0.29, 0.717) is 13.0 Å². The summed E-state index contributed by atoms with van der Waals surface area (Å²) in [6, 6.07) is 2.70. The summed E-state index contributed by atoms with van der Waals surface area (Å²) in [6.07, 6.45) is -0.168. The minimum Gasteiger partial charge on any atom is -0.444 e. The van der Waals surface area contributed by atoms with Crippen molar-refractivity contribution in [1.29, 1.82) is 0 Å². The summed E-state index contributed by atoms with van der Waals surface area (Å²) in [6.45, 7) is 5.71. The third-order valence-corrected chi connectivity index (χ3v) is 5.40. The lowest BCUT2D eigenvalue weighted by atomic mass is 10.2. The highest BCUT2D eigenvalue weighted by Gasteiger charge is 2.38. The van der Waals surface area contributed by atoms with Crippen LogP contribution < -0.4 is 0 Å². The molecule has 1 saturated heterocycles. The molecule has 22 heavy (non-hydrogen) atoms. The molecule has 0 aliphatic carbocycles. The second-order valence-corrected chi connectivity index (χ2v) is 8.64. The number of carbonyl (C=O) groups excluding carboxylic acids is 1. The average Bonchev–Trinajstić information content (AvgIpc) is 2.87. The number of hydrogen-bond acceptors (Lipinski definition) is 6. The van der Waals surface area contributed by atoms with Gasteiger partial charge in [-0.15, -0.1) is 10.2 Å². The molecule has 2 rings (SSSR count). The van der Waals surface area contributed by atoms with Crippen molar-refractivity contribution in [2.75, 3.05) is 13.1 Å². The number of nitrogens with zero attached hydrogens (tertiary/aromatic N) is 3. The van der Waals surface area contributed by atoms with E-state index in [4.69, 9.17) is 16.3 Å². The molecule has 1 aliphatic heterocycles. The maximum atomic E-state index is 12.5. The molecule has 2 heterocycles. The van der Waals surface area contributed by atoms with Crippen LogP contribution in [-0.4, -0.2) is 53.5 Å². The van der Waals surface area contributed by atoms with Crippen LogP contribution in [-0.2, 0) is 14.6 Å². The lowest BCUT2D eigenvalue weighted by Crippen LogP contribution is -2.36. The smallest absolute Gasteiger partial charge is 0.410 e. The molecule has 1 aliphatic rings. The predicted octanol–water partition coefficient (Wildman–Crippen LogP) is 1.91. The van der Waals surface area contributed by atoms with E-state index in [1.165, 1.54) is 17.0 Å². The molecule has 7 nitrogen and oxygen atoms in total. The first-order chi connectivity index (χ1) is 10.1. The van der Waals surface area contributed by atoms with Crippen molar-refractivity contribution < 1.29 is 17.9 Å². The van der Waals surface area contributed by atoms with Crippen molar-refractivity contribution in [3.8, 4) is 0 Å². The van der Waals surface area contributed by atoms with Gasteiger partial charge in [-0.25, -0.2) is 13.2 Å². The minimum absolute atomic E-state index is 0.0849. The summed E-state index contributed by atoms with van der Waals surface area (Å²) < 4.78 is 30.2. The van der Waals surface area contributed by atoms with Crippen LogP contribution in [0.1, 0.15) is 27.2 Å². The van der Waals surface area contributed by atoms with Crippen molar-refractivity contribution in [2.24, 2.45) is 0 Å². The van der Waals surface area contributed by atoms with E-state index >= 15 is 0 Å². The Kier molecular flexibility index (Phi) is 4.62. The number of amides is 1. The summed E-state index contributed by atoms with van der Waals surface area (Å²) >= 11 is 5.61. The highest BCUT2D eigenvalue weighted by Crippen LogP contribution is 2.24. The van der Waals surface area contributed by atoms with Gasteiger partial charge < -0.3 is 9.64 Å². The largest absolute Gasteiger partial charge is 0.444 e. The first-order valence-electron chi connectivity index (χ1n) is 6.80. The van der Waals surface area contributed by atoms with Crippen molar-refractivity contribution in [3.63, 3.8) is 0 Å². The fourth-order valence-electron chi connectivity index (χ4n) is 2.10. The lowest BCUT2D eigenvalue weighted by molar-refractivity contribution is 0.0295. The number of sulfone groups is 1. The molecule has 0 aromatic carbocycles. The van der Waals surface area contributed by atoms with Gasteiger partial charge in [0.25, 0.3) is 0 Å². The normalized spacial score (nSPS) is 19.3. The minimum atomic E-state index is -3.65. The van der Waals surface area contributed by atoms with E-state index in [-0.39, 0.29) is 16.7 Å². The monoisotopic (exact) mass is 347 g/mol. The Labute approximate surface area is 134 Å². The van der Waals surface area contributed by atoms with Crippen molar-refractivity contribution in [1.82, 2.24) is 15.1 Å². The number of hydrogen-bond donors (Lipinski definition) is 0. The molecule has 0 saturated carbocycles. The highest BCUT2D eigenvalue weighted by molar-refractivity contribution is 7.92. The molecular weight excluding hydrogens is 330 g/mol. The number of likely N-dealkylation sites (tertiary alicyclic amines) is 1. The van der Waals surface area contributed by atoms with Gasteiger partial charge in [-0.2, -0.15) is 0 Å². The van der Waals surface area contributed by atoms with Gasteiger partial charge in [0.1, 0.15) is 5.60 Å². The van der Waals surface area contributed by atoms with Crippen LogP contribution in [0.3, 0.4) is 0 Å². The maximum absolute atomic E-state index is 12.5. The zero-order chi connectivity index (χ0) is 16.5. The van der Waals surface area contributed by atoms with Crippen LogP contribution in [0.4, 0.5) is 4.79 Å². The van der Waals surface area contributed by atoms with Gasteiger partial charge in [0.2, 0.25) is 9.84 Å². The number of carbonyl (C=O) groups is 1. The summed E-state index contributed by atoms with van der Waals surface area (Å²) in [5, 5.41) is 6.45. The first kappa shape index (κ1) is 17.0. The Morgan fingerprint density at radius 1 is 1.36 bits per heavy atom. The van der Waals surface area contributed by atoms with Gasteiger partial charge in [0, 0.05) is 13.1 Å². The topological polar surface area (TPSA) is 89.5 Å². The van der Waals surface area contributed by atoms with Crippen LogP contribution in [0.2, 0.25) is 5.15 Å². The fraction of sp³-hybridized carbons (Fsp3) is 0.615. The lowest BCUT2D eigenvalue weighted by Gasteiger charge is -2.24. The quantitative estimate of drug-likeness (QED) is 0.811. The second-order valence-electron chi connectivity index (χ2n) is 6.08. The van der Waals surface area contributed by atoms with Gasteiger partial charge in [-0.05, 0) is 39.3 Å². The van der Waals surface area contributed by atoms with Crippen LogP contribution >= 0.6 is 11.6 Å². The van der Waals surface area contributed by atoms with Crippen molar-refractivity contribution >= 4 is 27.5 Å². The molecule has 1 aromatic heterocycles. The van der Waals surface area contributed by atoms with Crippen LogP contribution in [0.5, 0.6) is 0 Å². The molecule has 0 N–H and O–H groups in total. The van der Waals surface area contributed by atoms with E-state index in [2.05, 4.69) is 10.2 Å². The molecule has 1 aromatic rings. The molecule has 0 radical (unpaired) electrons. The van der Waals surface area contributed by atoms with Crippen LogP contribution in [0, 0.1) is 0 Å². The highest BCUT2D eigenvalue weighted by atomic mass is 35.5. The third-order valence-electron chi connectivity index (χ3n) is 3.13. The molecule has 1 atom stereocenters. The standard InChI is InChI=1S/C13H18ClN3O4S/c1-13(2,3)21-12(18)17-7-6-9(8-17)22(19,20)11-5-4-10(14)15-16-11/h4-5,9H,6-8H2,1-3H3/t9-/m1/s1. The van der Waals surface area contributed by atoms with E-state index in [1.807, 2.05) is 0 Å². The number of ether oxygens (including phenoxy) is 1. The number of rotatable bonds is 2. The zero-order valence-corrected chi connectivity index (χ0v) is 14.2. The molecule has 0 bridgehead atoms. The van der Waals surface area contributed by atoms with Gasteiger partial charge >= 0.3 is 6.09 Å². The Bertz CT molecular complexity index is 655. The summed E-state index contributed by atoms with van der Waals surface area (Å²) in [5.41, 5.74) is -0.615. The predicted molar refractivity (Wildman–Crippen MR) is 80.4 cm³/mol. The SMILES string of the molecule is CC(C)(C)OC(=O)N1CC[C@@H](S(=O)(=O)c2ccc(Cl)nn2)C1. The number of aromatic nitrogens is 2. The molecule has 1 fully saturated rings. The Balaban J connectivity index is 2.09. The molecule has 122 valence electrons. The molecule has 9 heteroatoms. The van der Waals surface area contributed by atoms with Gasteiger partial charge in [0.15, 0.2) is 10.2 Å². The van der Waals surface area contributed by atoms with Gasteiger partial charge in [0.05, 0.1) is 5.25 Å². The Morgan fingerprint density at radius 3 is 2.59 bits per heavy atom. The van der Waals surface area contributed by atoms with E-state index in [1.54, 1.807) is 20.8 Å². The van der Waals surface area contributed by atoms with Gasteiger partial charge in [-0.1, -0.05) is 11.6 Å². The van der Waals surface area contributed by atoms with Crippen LogP contribution in [0.25, 0.3) is 0 Å². The molecule has 1 amide bonds. The summed E-state index contributed by atoms with van der Waals surface area (Å²) in [5.74, 6) is 0.